The number of aromatic nitrogens is 2. The number of halogens is 1. The molecular weight excluding hydrogens is 325 g/mol. The largest absolute Gasteiger partial charge is 0.370 e. The van der Waals surface area contributed by atoms with Crippen LogP contribution in [0.15, 0.2) is 42.5 Å². The second-order valence-corrected chi connectivity index (χ2v) is 7.06. The summed E-state index contributed by atoms with van der Waals surface area (Å²) >= 11 is 0. The molecule has 4 rings (SSSR count). The van der Waals surface area contributed by atoms with Gasteiger partial charge in [0.15, 0.2) is 0 Å². The summed E-state index contributed by atoms with van der Waals surface area (Å²) in [6.07, 6.45) is 3.77. The molecule has 0 radical (unpaired) electrons. The number of hydrogen-bond acceptors (Lipinski definition) is 2. The quantitative estimate of drug-likeness (QED) is 0.724. The highest BCUT2D eigenvalue weighted by Gasteiger charge is 2.22. The van der Waals surface area contributed by atoms with E-state index in [1.165, 1.54) is 22.8 Å². The third kappa shape index (κ3) is 3.00. The molecule has 2 heterocycles. The van der Waals surface area contributed by atoms with Crippen molar-refractivity contribution in [3.63, 3.8) is 0 Å². The van der Waals surface area contributed by atoms with Gasteiger partial charge < -0.3 is 5.32 Å². The van der Waals surface area contributed by atoms with E-state index in [-0.39, 0.29) is 5.82 Å². The summed E-state index contributed by atoms with van der Waals surface area (Å²) in [6.45, 7) is 5.20. The number of nitrogens with one attached hydrogen (secondary N) is 1. The zero-order chi connectivity index (χ0) is 18.1. The van der Waals surface area contributed by atoms with Gasteiger partial charge in [0.05, 0.1) is 11.4 Å². The highest BCUT2D eigenvalue weighted by molar-refractivity contribution is 5.57. The molecule has 1 aromatic heterocycles. The maximum absolute atomic E-state index is 14.2. The number of benzene rings is 2. The predicted octanol–water partition coefficient (Wildman–Crippen LogP) is 4.97. The lowest BCUT2D eigenvalue weighted by molar-refractivity contribution is 0.612. The first kappa shape index (κ1) is 16.8. The molecule has 134 valence electrons. The number of rotatable bonds is 3. The Morgan fingerprint density at radius 1 is 1.08 bits per heavy atom. The molecule has 0 saturated heterocycles. The van der Waals surface area contributed by atoms with Crippen LogP contribution in [-0.2, 0) is 12.8 Å². The van der Waals surface area contributed by atoms with Gasteiger partial charge in [0.2, 0.25) is 0 Å². The Kier molecular flexibility index (Phi) is 4.49. The third-order valence-corrected chi connectivity index (χ3v) is 5.33. The van der Waals surface area contributed by atoms with Gasteiger partial charge in [-0.1, -0.05) is 30.3 Å². The highest BCUT2D eigenvalue weighted by Crippen LogP contribution is 2.31. The molecule has 2 aromatic carbocycles. The van der Waals surface area contributed by atoms with Crippen LogP contribution in [0, 0.1) is 19.7 Å². The van der Waals surface area contributed by atoms with E-state index in [0.717, 1.165) is 43.0 Å². The Labute approximate surface area is 153 Å². The lowest BCUT2D eigenvalue weighted by Crippen LogP contribution is -2.08. The molecule has 0 aliphatic carbocycles. The minimum absolute atomic E-state index is 0.163. The molecule has 3 aromatic rings. The van der Waals surface area contributed by atoms with Crippen LogP contribution in [0.4, 0.5) is 10.2 Å². The summed E-state index contributed by atoms with van der Waals surface area (Å²) in [6, 6.07) is 13.3. The van der Waals surface area contributed by atoms with Gasteiger partial charge in [-0.2, -0.15) is 5.10 Å². The molecule has 3 nitrogen and oxygen atoms in total. The van der Waals surface area contributed by atoms with E-state index >= 15 is 0 Å². The van der Waals surface area contributed by atoms with Crippen LogP contribution >= 0.6 is 0 Å². The summed E-state index contributed by atoms with van der Waals surface area (Å²) in [5, 5.41) is 8.50. The molecule has 0 fully saturated rings. The van der Waals surface area contributed by atoms with Gasteiger partial charge in [0, 0.05) is 18.5 Å². The summed E-state index contributed by atoms with van der Waals surface area (Å²) < 4.78 is 16.2. The summed E-state index contributed by atoms with van der Waals surface area (Å²) in [7, 11) is 0. The van der Waals surface area contributed by atoms with Crippen LogP contribution in [0.1, 0.15) is 40.8 Å². The van der Waals surface area contributed by atoms with E-state index in [4.69, 9.17) is 5.10 Å². The van der Waals surface area contributed by atoms with Crippen LogP contribution < -0.4 is 5.32 Å². The van der Waals surface area contributed by atoms with Crippen molar-refractivity contribution in [2.24, 2.45) is 0 Å². The van der Waals surface area contributed by atoms with Gasteiger partial charge >= 0.3 is 0 Å². The molecule has 0 bridgehead atoms. The Hall–Kier alpha value is -2.62. The van der Waals surface area contributed by atoms with Crippen molar-refractivity contribution in [2.45, 2.75) is 39.5 Å². The van der Waals surface area contributed by atoms with E-state index in [1.807, 2.05) is 16.8 Å². The van der Waals surface area contributed by atoms with Crippen LogP contribution in [0.25, 0.3) is 5.69 Å². The monoisotopic (exact) mass is 349 g/mol. The van der Waals surface area contributed by atoms with E-state index in [2.05, 4.69) is 37.4 Å². The average molecular weight is 349 g/mol. The van der Waals surface area contributed by atoms with Crippen LogP contribution in [-0.4, -0.2) is 16.3 Å². The minimum atomic E-state index is -0.163. The van der Waals surface area contributed by atoms with E-state index in [0.29, 0.717) is 12.0 Å². The number of hydrogen-bond donors (Lipinski definition) is 1. The summed E-state index contributed by atoms with van der Waals surface area (Å²) in [5.74, 6) is 0.909. The van der Waals surface area contributed by atoms with Gasteiger partial charge in [-0.15, -0.1) is 0 Å². The molecule has 1 aliphatic rings. The van der Waals surface area contributed by atoms with Crippen LogP contribution in [0.5, 0.6) is 0 Å². The molecule has 0 spiro atoms. The van der Waals surface area contributed by atoms with Gasteiger partial charge in [-0.25, -0.2) is 9.07 Å². The molecule has 1 N–H and O–H groups in total. The van der Waals surface area contributed by atoms with Crippen LogP contribution in [0.2, 0.25) is 0 Å². The molecule has 0 atom stereocenters. The standard InChI is InChI=1S/C22H24FN3/c1-15-8-7-12-21(16(15)2)26-22-18(10-5-6-13-24-22)20(25-26)14-17-9-3-4-11-19(17)23/h3-4,7-9,11-12,24H,5-6,10,13-14H2,1-2H3. The highest BCUT2D eigenvalue weighted by atomic mass is 19.1. The van der Waals surface area contributed by atoms with E-state index in [1.54, 1.807) is 6.07 Å². The fraction of sp³-hybridized carbons (Fsp3) is 0.318. The lowest BCUT2D eigenvalue weighted by atomic mass is 10.0. The molecule has 4 heteroatoms. The first-order chi connectivity index (χ1) is 12.6. The summed E-state index contributed by atoms with van der Waals surface area (Å²) in [4.78, 5) is 0. The van der Waals surface area contributed by atoms with Gasteiger partial charge in [0.25, 0.3) is 0 Å². The fourth-order valence-electron chi connectivity index (χ4n) is 3.68. The normalized spacial score (nSPS) is 13.8. The second kappa shape index (κ2) is 6.94. The number of anilines is 1. The number of aryl methyl sites for hydroxylation is 1. The molecular formula is C22H24FN3. The topological polar surface area (TPSA) is 29.9 Å². The number of fused-ring (bicyclic) bond motifs is 1. The van der Waals surface area contributed by atoms with E-state index in [9.17, 15) is 4.39 Å². The van der Waals surface area contributed by atoms with Gasteiger partial charge in [0.1, 0.15) is 11.6 Å². The number of nitrogens with zero attached hydrogens (tertiary/aromatic N) is 2. The molecule has 0 saturated carbocycles. The average Bonchev–Trinajstić information content (AvgIpc) is 2.81. The predicted molar refractivity (Wildman–Crippen MR) is 104 cm³/mol. The maximum Gasteiger partial charge on any atom is 0.133 e. The second-order valence-electron chi connectivity index (χ2n) is 7.06. The molecule has 0 unspecified atom stereocenters. The first-order valence-electron chi connectivity index (χ1n) is 9.30. The Morgan fingerprint density at radius 2 is 1.92 bits per heavy atom. The Morgan fingerprint density at radius 3 is 2.77 bits per heavy atom. The minimum Gasteiger partial charge on any atom is -0.370 e. The van der Waals surface area contributed by atoms with Crippen molar-refractivity contribution < 1.29 is 4.39 Å². The van der Waals surface area contributed by atoms with Crippen molar-refractivity contribution in [1.82, 2.24) is 9.78 Å². The maximum atomic E-state index is 14.2. The zero-order valence-electron chi connectivity index (χ0n) is 15.3. The SMILES string of the molecule is Cc1cccc(-n2nc(Cc3ccccc3F)c3c2NCCCC3)c1C. The van der Waals surface area contributed by atoms with Crippen molar-refractivity contribution >= 4 is 5.82 Å². The van der Waals surface area contributed by atoms with Crippen LogP contribution in [0.3, 0.4) is 0 Å². The van der Waals surface area contributed by atoms with E-state index < -0.39 is 0 Å². The fourth-order valence-corrected chi connectivity index (χ4v) is 3.68. The smallest absolute Gasteiger partial charge is 0.133 e. The molecule has 26 heavy (non-hydrogen) atoms. The lowest BCUT2D eigenvalue weighted by Gasteiger charge is -2.13. The molecule has 0 amide bonds. The van der Waals surface area contributed by atoms with Gasteiger partial charge in [-0.05, 0) is 61.9 Å². The van der Waals surface area contributed by atoms with Crippen molar-refractivity contribution in [3.8, 4) is 5.69 Å². The Balaban J connectivity index is 1.84. The van der Waals surface area contributed by atoms with Crippen molar-refractivity contribution in [2.75, 3.05) is 11.9 Å². The van der Waals surface area contributed by atoms with Crippen molar-refractivity contribution in [3.05, 3.63) is 76.2 Å². The van der Waals surface area contributed by atoms with Gasteiger partial charge in [-0.3, -0.25) is 0 Å². The van der Waals surface area contributed by atoms with Crippen molar-refractivity contribution in [1.29, 1.82) is 0 Å². The first-order valence-corrected chi connectivity index (χ1v) is 9.30. The summed E-state index contributed by atoms with van der Waals surface area (Å²) in [5.41, 5.74) is 6.46. The molecule has 1 aliphatic heterocycles. The third-order valence-electron chi connectivity index (χ3n) is 5.33. The zero-order valence-corrected chi connectivity index (χ0v) is 15.3. The Bertz CT molecular complexity index is 943.